The van der Waals surface area contributed by atoms with Gasteiger partial charge in [-0.3, -0.25) is 14.9 Å². The van der Waals surface area contributed by atoms with Gasteiger partial charge in [0.05, 0.1) is 10.6 Å². The first-order chi connectivity index (χ1) is 8.52. The van der Waals surface area contributed by atoms with Gasteiger partial charge in [0, 0.05) is 35.5 Å². The standard InChI is InChI=1S/C11H10BrClN2O3/c12-9-4-8(15(17)18)1-2-10(9)14-6-7(5-13)3-11(14)16/h1-2,4,7H,3,5-6H2. The normalized spacial score (nSPS) is 19.3. The van der Waals surface area contributed by atoms with Gasteiger partial charge in [0.15, 0.2) is 0 Å². The summed E-state index contributed by atoms with van der Waals surface area (Å²) in [7, 11) is 0. The van der Waals surface area contributed by atoms with Crippen LogP contribution >= 0.6 is 27.5 Å². The summed E-state index contributed by atoms with van der Waals surface area (Å²) in [6.45, 7) is 0.554. The molecule has 0 saturated carbocycles. The smallest absolute Gasteiger partial charge is 0.270 e. The van der Waals surface area contributed by atoms with Crippen LogP contribution in [0.3, 0.4) is 0 Å². The summed E-state index contributed by atoms with van der Waals surface area (Å²) < 4.78 is 0.542. The Morgan fingerprint density at radius 1 is 1.56 bits per heavy atom. The molecule has 1 aromatic rings. The molecule has 0 radical (unpaired) electrons. The molecule has 2 rings (SSSR count). The highest BCUT2D eigenvalue weighted by molar-refractivity contribution is 9.10. The van der Waals surface area contributed by atoms with Crippen molar-refractivity contribution in [1.29, 1.82) is 0 Å². The fourth-order valence-electron chi connectivity index (χ4n) is 1.95. The fraction of sp³-hybridized carbons (Fsp3) is 0.364. The number of hydrogen-bond acceptors (Lipinski definition) is 3. The van der Waals surface area contributed by atoms with E-state index in [4.69, 9.17) is 11.6 Å². The van der Waals surface area contributed by atoms with E-state index < -0.39 is 4.92 Å². The zero-order valence-electron chi connectivity index (χ0n) is 9.31. The van der Waals surface area contributed by atoms with E-state index in [1.54, 1.807) is 11.0 Å². The van der Waals surface area contributed by atoms with E-state index in [0.29, 0.717) is 29.0 Å². The third-order valence-electron chi connectivity index (χ3n) is 2.86. The van der Waals surface area contributed by atoms with Crippen LogP contribution in [0.5, 0.6) is 0 Å². The van der Waals surface area contributed by atoms with E-state index in [2.05, 4.69) is 15.9 Å². The number of hydrogen-bond donors (Lipinski definition) is 0. The number of anilines is 1. The minimum Gasteiger partial charge on any atom is -0.311 e. The Morgan fingerprint density at radius 3 is 2.78 bits per heavy atom. The van der Waals surface area contributed by atoms with Gasteiger partial charge < -0.3 is 4.90 Å². The molecule has 1 atom stereocenters. The highest BCUT2D eigenvalue weighted by Gasteiger charge is 2.31. The number of nitro benzene ring substituents is 1. The molecule has 0 N–H and O–H groups in total. The van der Waals surface area contributed by atoms with Gasteiger partial charge >= 0.3 is 0 Å². The lowest BCUT2D eigenvalue weighted by molar-refractivity contribution is -0.384. The maximum absolute atomic E-state index is 11.8. The second kappa shape index (κ2) is 5.24. The molecule has 1 unspecified atom stereocenters. The van der Waals surface area contributed by atoms with Gasteiger partial charge in [-0.25, -0.2) is 0 Å². The van der Waals surface area contributed by atoms with Crippen LogP contribution in [-0.2, 0) is 4.79 Å². The monoisotopic (exact) mass is 332 g/mol. The van der Waals surface area contributed by atoms with Crippen LogP contribution in [0.2, 0.25) is 0 Å². The first-order valence-corrected chi connectivity index (χ1v) is 6.66. The topological polar surface area (TPSA) is 63.5 Å². The molecule has 7 heteroatoms. The van der Waals surface area contributed by atoms with Gasteiger partial charge in [0.25, 0.3) is 5.69 Å². The molecule has 1 aromatic carbocycles. The molecule has 0 aromatic heterocycles. The minimum atomic E-state index is -0.470. The first-order valence-electron chi connectivity index (χ1n) is 5.33. The molecule has 18 heavy (non-hydrogen) atoms. The largest absolute Gasteiger partial charge is 0.311 e. The Morgan fingerprint density at radius 2 is 2.28 bits per heavy atom. The lowest BCUT2D eigenvalue weighted by atomic mass is 10.1. The van der Waals surface area contributed by atoms with Gasteiger partial charge in [0.2, 0.25) is 5.91 Å². The van der Waals surface area contributed by atoms with Crippen molar-refractivity contribution >= 4 is 44.8 Å². The van der Waals surface area contributed by atoms with E-state index >= 15 is 0 Å². The number of nitro groups is 1. The molecule has 0 aliphatic carbocycles. The molecule has 1 fully saturated rings. The fourth-order valence-corrected chi connectivity index (χ4v) is 2.73. The molecular weight excluding hydrogens is 323 g/mol. The van der Waals surface area contributed by atoms with Gasteiger partial charge in [-0.05, 0) is 27.9 Å². The lowest BCUT2D eigenvalue weighted by Gasteiger charge is -2.17. The zero-order valence-corrected chi connectivity index (χ0v) is 11.6. The zero-order chi connectivity index (χ0) is 13.3. The molecule has 1 aliphatic heterocycles. The average molecular weight is 334 g/mol. The van der Waals surface area contributed by atoms with E-state index in [1.807, 2.05) is 0 Å². The quantitative estimate of drug-likeness (QED) is 0.485. The van der Waals surface area contributed by atoms with Crippen molar-refractivity contribution in [1.82, 2.24) is 0 Å². The van der Waals surface area contributed by atoms with E-state index in [0.717, 1.165) is 0 Å². The van der Waals surface area contributed by atoms with Crippen LogP contribution in [0.15, 0.2) is 22.7 Å². The second-order valence-corrected chi connectivity index (χ2v) is 5.28. The highest BCUT2D eigenvalue weighted by atomic mass is 79.9. The van der Waals surface area contributed by atoms with Crippen LogP contribution in [0, 0.1) is 16.0 Å². The van der Waals surface area contributed by atoms with Crippen LogP contribution < -0.4 is 4.90 Å². The molecule has 5 nitrogen and oxygen atoms in total. The van der Waals surface area contributed by atoms with Crippen molar-refractivity contribution in [2.45, 2.75) is 6.42 Å². The number of alkyl halides is 1. The van der Waals surface area contributed by atoms with Crippen LogP contribution in [-0.4, -0.2) is 23.3 Å². The number of halogens is 2. The third-order valence-corrected chi connectivity index (χ3v) is 3.93. The molecular formula is C11H10BrClN2O3. The number of amides is 1. The number of rotatable bonds is 3. The van der Waals surface area contributed by atoms with E-state index in [1.165, 1.54) is 12.1 Å². The van der Waals surface area contributed by atoms with Crippen molar-refractivity contribution < 1.29 is 9.72 Å². The number of carbonyl (C=O) groups excluding carboxylic acids is 1. The van der Waals surface area contributed by atoms with Crippen molar-refractivity contribution in [3.63, 3.8) is 0 Å². The SMILES string of the molecule is O=C1CC(CCl)CN1c1ccc([N+](=O)[O-])cc1Br. The molecule has 96 valence electrons. The van der Waals surface area contributed by atoms with Gasteiger partial charge in [-0.1, -0.05) is 0 Å². The first kappa shape index (κ1) is 13.3. The summed E-state index contributed by atoms with van der Waals surface area (Å²) in [5.41, 5.74) is 0.643. The summed E-state index contributed by atoms with van der Waals surface area (Å²) in [5, 5.41) is 10.6. The van der Waals surface area contributed by atoms with Gasteiger partial charge in [0.1, 0.15) is 0 Å². The maximum atomic E-state index is 11.8. The Kier molecular flexibility index (Phi) is 3.87. The summed E-state index contributed by atoms with van der Waals surface area (Å²) in [5.74, 6) is 0.573. The number of carbonyl (C=O) groups is 1. The van der Waals surface area contributed by atoms with E-state index in [9.17, 15) is 14.9 Å². The summed E-state index contributed by atoms with van der Waals surface area (Å²) >= 11 is 9.02. The van der Waals surface area contributed by atoms with Crippen LogP contribution in [0.4, 0.5) is 11.4 Å². The number of benzene rings is 1. The number of non-ortho nitro benzene ring substituents is 1. The summed E-state index contributed by atoms with van der Waals surface area (Å²) in [6, 6.07) is 4.37. The van der Waals surface area contributed by atoms with Crippen molar-refractivity contribution in [2.24, 2.45) is 5.92 Å². The van der Waals surface area contributed by atoms with Crippen molar-refractivity contribution in [3.05, 3.63) is 32.8 Å². The Hall–Kier alpha value is -1.14. The van der Waals surface area contributed by atoms with Crippen LogP contribution in [0.25, 0.3) is 0 Å². The molecule has 1 heterocycles. The van der Waals surface area contributed by atoms with Gasteiger partial charge in [-0.2, -0.15) is 0 Å². The second-order valence-electron chi connectivity index (χ2n) is 4.12. The predicted octanol–water partition coefficient (Wildman–Crippen LogP) is 2.95. The number of nitrogens with zero attached hydrogens (tertiary/aromatic N) is 2. The average Bonchev–Trinajstić information content (AvgIpc) is 2.70. The lowest BCUT2D eigenvalue weighted by Crippen LogP contribution is -2.25. The molecule has 1 saturated heterocycles. The maximum Gasteiger partial charge on any atom is 0.270 e. The predicted molar refractivity (Wildman–Crippen MR) is 72.0 cm³/mol. The molecule has 1 aliphatic rings. The van der Waals surface area contributed by atoms with Crippen molar-refractivity contribution in [2.75, 3.05) is 17.3 Å². The Balaban J connectivity index is 2.29. The van der Waals surface area contributed by atoms with Crippen molar-refractivity contribution in [3.8, 4) is 0 Å². The van der Waals surface area contributed by atoms with E-state index in [-0.39, 0.29) is 17.5 Å². The van der Waals surface area contributed by atoms with Gasteiger partial charge in [-0.15, -0.1) is 11.6 Å². The summed E-state index contributed by atoms with van der Waals surface area (Å²) in [6.07, 6.45) is 0.424. The summed E-state index contributed by atoms with van der Waals surface area (Å²) in [4.78, 5) is 23.6. The minimum absolute atomic E-state index is 0.00444. The Bertz CT molecular complexity index is 509. The highest BCUT2D eigenvalue weighted by Crippen LogP contribution is 2.34. The molecule has 0 bridgehead atoms. The third kappa shape index (κ3) is 2.49. The molecule has 1 amide bonds. The molecule has 0 spiro atoms. The Labute approximate surface area is 117 Å². The van der Waals surface area contributed by atoms with Crippen LogP contribution in [0.1, 0.15) is 6.42 Å².